The summed E-state index contributed by atoms with van der Waals surface area (Å²) in [5.41, 5.74) is 2.90. The van der Waals surface area contributed by atoms with Crippen molar-refractivity contribution >= 4 is 17.5 Å². The Hall–Kier alpha value is -4.27. The van der Waals surface area contributed by atoms with Crippen LogP contribution in [0.25, 0.3) is 5.69 Å². The van der Waals surface area contributed by atoms with Crippen molar-refractivity contribution in [2.45, 2.75) is 51.1 Å². The van der Waals surface area contributed by atoms with Crippen LogP contribution in [-0.2, 0) is 4.79 Å². The van der Waals surface area contributed by atoms with Crippen LogP contribution in [0.5, 0.6) is 0 Å². The Balaban J connectivity index is 1.59. The Morgan fingerprint density at radius 1 is 1.06 bits per heavy atom. The molecule has 1 aliphatic carbocycles. The molecule has 1 atom stereocenters. The van der Waals surface area contributed by atoms with Crippen molar-refractivity contribution in [1.82, 2.24) is 25.5 Å². The van der Waals surface area contributed by atoms with Crippen molar-refractivity contribution in [2.75, 3.05) is 4.90 Å². The minimum absolute atomic E-state index is 0.0990. The second-order valence-corrected chi connectivity index (χ2v) is 9.03. The van der Waals surface area contributed by atoms with Crippen molar-refractivity contribution in [1.29, 1.82) is 0 Å². The summed E-state index contributed by atoms with van der Waals surface area (Å²) in [6.45, 7) is 1.91. The molecule has 2 aromatic carbocycles. The number of aromatic nitrogens is 4. The summed E-state index contributed by atoms with van der Waals surface area (Å²) < 4.78 is 7.03. The molecule has 5 rings (SSSR count). The molecule has 184 valence electrons. The molecule has 0 aliphatic heterocycles. The predicted octanol–water partition coefficient (Wildman–Crippen LogP) is 4.40. The molecule has 0 radical (unpaired) electrons. The normalized spacial score (nSPS) is 14.8. The van der Waals surface area contributed by atoms with E-state index in [1.165, 1.54) is 23.9 Å². The van der Waals surface area contributed by atoms with E-state index < -0.39 is 11.9 Å². The van der Waals surface area contributed by atoms with Gasteiger partial charge in [-0.1, -0.05) is 49.6 Å². The van der Waals surface area contributed by atoms with Crippen LogP contribution in [0.1, 0.15) is 59.8 Å². The molecule has 4 aromatic rings. The average molecular weight is 485 g/mol. The van der Waals surface area contributed by atoms with Gasteiger partial charge in [-0.2, -0.15) is 0 Å². The number of hydrogen-bond acceptors (Lipinski definition) is 6. The van der Waals surface area contributed by atoms with Crippen LogP contribution in [0.15, 0.2) is 77.7 Å². The molecular formula is C27H28N6O3. The van der Waals surface area contributed by atoms with Gasteiger partial charge in [-0.25, -0.2) is 4.68 Å². The smallest absolute Gasteiger partial charge is 0.294 e. The molecule has 1 N–H and O–H groups in total. The van der Waals surface area contributed by atoms with Crippen molar-refractivity contribution in [3.05, 3.63) is 90.1 Å². The lowest BCUT2D eigenvalue weighted by molar-refractivity contribution is -0.123. The number of amides is 2. The molecule has 0 unspecified atom stereocenters. The van der Waals surface area contributed by atoms with Crippen molar-refractivity contribution < 1.29 is 14.0 Å². The molecule has 2 heterocycles. The first-order valence-electron chi connectivity index (χ1n) is 12.2. The van der Waals surface area contributed by atoms with Crippen molar-refractivity contribution in [2.24, 2.45) is 0 Å². The summed E-state index contributed by atoms with van der Waals surface area (Å²) in [6.07, 6.45) is 8.22. The number of furan rings is 1. The number of carbonyl (C=O) groups excluding carboxylic acids is 2. The number of anilines is 1. The Bertz CT molecular complexity index is 1300. The minimum atomic E-state index is -0.885. The van der Waals surface area contributed by atoms with Crippen LogP contribution in [0, 0.1) is 6.92 Å². The third kappa shape index (κ3) is 4.91. The van der Waals surface area contributed by atoms with Crippen LogP contribution < -0.4 is 10.2 Å². The molecule has 1 aliphatic rings. The van der Waals surface area contributed by atoms with Gasteiger partial charge in [-0.15, -0.1) is 5.10 Å². The van der Waals surface area contributed by atoms with E-state index >= 15 is 0 Å². The van der Waals surface area contributed by atoms with Crippen LogP contribution in [0.3, 0.4) is 0 Å². The quantitative estimate of drug-likeness (QED) is 0.417. The van der Waals surface area contributed by atoms with Gasteiger partial charge in [0.05, 0.1) is 12.0 Å². The number of nitrogens with one attached hydrogen (secondary N) is 1. The van der Waals surface area contributed by atoms with E-state index in [-0.39, 0.29) is 17.7 Å². The topological polar surface area (TPSA) is 106 Å². The van der Waals surface area contributed by atoms with Gasteiger partial charge >= 0.3 is 0 Å². The highest BCUT2D eigenvalue weighted by Gasteiger charge is 2.35. The lowest BCUT2D eigenvalue weighted by atomic mass is 9.94. The predicted molar refractivity (Wildman–Crippen MR) is 134 cm³/mol. The summed E-state index contributed by atoms with van der Waals surface area (Å²) >= 11 is 0. The lowest BCUT2D eigenvalue weighted by Crippen LogP contribution is -2.47. The molecule has 0 saturated heterocycles. The van der Waals surface area contributed by atoms with Crippen molar-refractivity contribution in [3.63, 3.8) is 0 Å². The number of rotatable bonds is 7. The lowest BCUT2D eigenvalue weighted by Gasteiger charge is -2.33. The maximum Gasteiger partial charge on any atom is 0.294 e. The minimum Gasteiger partial charge on any atom is -0.459 e. The first-order valence-corrected chi connectivity index (χ1v) is 12.2. The maximum absolute atomic E-state index is 13.9. The Kier molecular flexibility index (Phi) is 6.88. The van der Waals surface area contributed by atoms with E-state index in [4.69, 9.17) is 4.42 Å². The Morgan fingerprint density at radius 2 is 1.86 bits per heavy atom. The van der Waals surface area contributed by atoms with E-state index in [0.717, 1.165) is 36.9 Å². The van der Waals surface area contributed by atoms with Crippen LogP contribution in [0.2, 0.25) is 0 Å². The van der Waals surface area contributed by atoms with Crippen molar-refractivity contribution in [3.8, 4) is 5.69 Å². The second kappa shape index (κ2) is 10.6. The Morgan fingerprint density at radius 3 is 2.53 bits per heavy atom. The fraction of sp³-hybridized carbons (Fsp3) is 0.296. The van der Waals surface area contributed by atoms with Gasteiger partial charge in [0.2, 0.25) is 5.91 Å². The largest absolute Gasteiger partial charge is 0.459 e. The van der Waals surface area contributed by atoms with Gasteiger partial charge in [0.25, 0.3) is 5.91 Å². The monoisotopic (exact) mass is 484 g/mol. The first kappa shape index (κ1) is 23.5. The Labute approximate surface area is 209 Å². The third-order valence-corrected chi connectivity index (χ3v) is 6.58. The summed E-state index contributed by atoms with van der Waals surface area (Å²) in [6, 6.07) is 17.4. The van der Waals surface area contributed by atoms with Gasteiger partial charge in [-0.05, 0) is 71.7 Å². The van der Waals surface area contributed by atoms with Crippen LogP contribution >= 0.6 is 0 Å². The van der Waals surface area contributed by atoms with Crippen LogP contribution in [0.4, 0.5) is 5.69 Å². The SMILES string of the molecule is Cc1cc(N(C(=O)c2ccco2)[C@@H](C(=O)NC2CCCCC2)c2ccccc2)ccc1-n1cnnn1. The molecule has 9 nitrogen and oxygen atoms in total. The summed E-state index contributed by atoms with van der Waals surface area (Å²) in [5, 5.41) is 14.6. The summed E-state index contributed by atoms with van der Waals surface area (Å²) in [7, 11) is 0. The number of carbonyl (C=O) groups is 2. The summed E-state index contributed by atoms with van der Waals surface area (Å²) in [4.78, 5) is 29.2. The standard InChI is InChI=1S/C27H28N6O3/c1-19-17-22(14-15-23(19)32-18-28-30-31-32)33(27(35)24-13-8-16-36-24)25(20-9-4-2-5-10-20)26(34)29-21-11-6-3-7-12-21/h2,4-5,8-10,13-18,21,25H,3,6-7,11-12H2,1H3,(H,29,34)/t25-/m1/s1. The second-order valence-electron chi connectivity index (χ2n) is 9.03. The third-order valence-electron chi connectivity index (χ3n) is 6.58. The van der Waals surface area contributed by atoms with E-state index in [0.29, 0.717) is 11.3 Å². The average Bonchev–Trinajstić information content (AvgIpc) is 3.63. The van der Waals surface area contributed by atoms with Gasteiger partial charge in [0.1, 0.15) is 12.4 Å². The van der Waals surface area contributed by atoms with E-state index in [2.05, 4.69) is 20.8 Å². The zero-order chi connectivity index (χ0) is 24.9. The highest BCUT2D eigenvalue weighted by Crippen LogP contribution is 2.32. The number of aryl methyl sites for hydroxylation is 1. The molecular weight excluding hydrogens is 456 g/mol. The first-order chi connectivity index (χ1) is 17.6. The van der Waals surface area contributed by atoms with E-state index in [1.807, 2.05) is 49.4 Å². The zero-order valence-corrected chi connectivity index (χ0v) is 20.1. The highest BCUT2D eigenvalue weighted by molar-refractivity contribution is 6.08. The molecule has 9 heteroatoms. The molecule has 0 spiro atoms. The van der Waals surface area contributed by atoms with Crippen LogP contribution in [-0.4, -0.2) is 38.1 Å². The maximum atomic E-state index is 13.9. The molecule has 1 saturated carbocycles. The van der Waals surface area contributed by atoms with Gasteiger partial charge in [0, 0.05) is 11.7 Å². The van der Waals surface area contributed by atoms with Gasteiger partial charge < -0.3 is 9.73 Å². The highest BCUT2D eigenvalue weighted by atomic mass is 16.3. The molecule has 1 fully saturated rings. The fourth-order valence-electron chi connectivity index (χ4n) is 4.80. The number of benzene rings is 2. The molecule has 0 bridgehead atoms. The van der Waals surface area contributed by atoms with Gasteiger partial charge in [0.15, 0.2) is 5.76 Å². The van der Waals surface area contributed by atoms with Gasteiger partial charge in [-0.3, -0.25) is 14.5 Å². The summed E-state index contributed by atoms with van der Waals surface area (Å²) in [5.74, 6) is -0.457. The molecule has 2 amide bonds. The zero-order valence-electron chi connectivity index (χ0n) is 20.1. The van der Waals surface area contributed by atoms with E-state index in [9.17, 15) is 9.59 Å². The number of nitrogens with zero attached hydrogens (tertiary/aromatic N) is 5. The fourth-order valence-corrected chi connectivity index (χ4v) is 4.80. The molecule has 36 heavy (non-hydrogen) atoms. The number of hydrogen-bond donors (Lipinski definition) is 1. The van der Waals surface area contributed by atoms with E-state index in [1.54, 1.807) is 22.9 Å². The number of tetrazole rings is 1. The molecule has 2 aromatic heterocycles.